The van der Waals surface area contributed by atoms with E-state index in [0.29, 0.717) is 16.0 Å². The van der Waals surface area contributed by atoms with Gasteiger partial charge in [-0.2, -0.15) is 0 Å². The van der Waals surface area contributed by atoms with Crippen molar-refractivity contribution in [2.45, 2.75) is 6.92 Å². The van der Waals surface area contributed by atoms with Gasteiger partial charge in [-0.1, -0.05) is 0 Å². The molecule has 0 spiro atoms. The van der Waals surface area contributed by atoms with Crippen LogP contribution in [0.4, 0.5) is 0 Å². The van der Waals surface area contributed by atoms with Crippen molar-refractivity contribution < 1.29 is 33.3 Å². The van der Waals surface area contributed by atoms with Crippen LogP contribution >= 0.6 is 27.3 Å². The molecule has 0 aliphatic carbocycles. The predicted octanol–water partition coefficient (Wildman–Crippen LogP) is 3.63. The number of methoxy groups -OCH3 is 1. The maximum absolute atomic E-state index is 12.1. The lowest BCUT2D eigenvalue weighted by Crippen LogP contribution is -2.15. The summed E-state index contributed by atoms with van der Waals surface area (Å²) >= 11 is 4.65. The molecule has 0 N–H and O–H groups in total. The molecule has 2 heterocycles. The lowest BCUT2D eigenvalue weighted by atomic mass is 10.1. The minimum Gasteiger partial charge on any atom is -0.479 e. The number of carbonyl (C=O) groups is 2. The number of ether oxygens (including phenoxy) is 5. The first-order valence-corrected chi connectivity index (χ1v) is 9.25. The fraction of sp³-hybridized carbons (Fsp3) is 0.294. The summed E-state index contributed by atoms with van der Waals surface area (Å²) in [5.74, 6) is 0.444. The van der Waals surface area contributed by atoms with E-state index in [1.165, 1.54) is 18.4 Å². The van der Waals surface area contributed by atoms with E-state index in [1.54, 1.807) is 13.0 Å². The van der Waals surface area contributed by atoms with Gasteiger partial charge in [-0.15, -0.1) is 11.3 Å². The molecule has 3 rings (SSSR count). The standard InChI is InChI=1S/C17H15BrO7S/c1-3-22-12(19)7-23-14-13(18)15(26-16(14)17(20)21-2)9-4-5-10-11(6-9)25-8-24-10/h4-6H,3,7-8H2,1-2H3. The second-order valence-corrected chi connectivity index (χ2v) is 6.87. The zero-order valence-corrected chi connectivity index (χ0v) is 16.4. The van der Waals surface area contributed by atoms with Gasteiger partial charge < -0.3 is 23.7 Å². The highest BCUT2D eigenvalue weighted by atomic mass is 79.9. The summed E-state index contributed by atoms with van der Waals surface area (Å²) < 4.78 is 26.5. The van der Waals surface area contributed by atoms with E-state index in [0.717, 1.165) is 10.4 Å². The van der Waals surface area contributed by atoms with Crippen LogP contribution in [0.2, 0.25) is 0 Å². The quantitative estimate of drug-likeness (QED) is 0.631. The molecule has 0 saturated carbocycles. The Morgan fingerprint density at radius 3 is 2.77 bits per heavy atom. The fourth-order valence-electron chi connectivity index (χ4n) is 2.31. The minimum atomic E-state index is -0.554. The third kappa shape index (κ3) is 3.63. The van der Waals surface area contributed by atoms with Gasteiger partial charge in [0.1, 0.15) is 0 Å². The molecule has 1 aromatic carbocycles. The van der Waals surface area contributed by atoms with Crippen LogP contribution in [0, 0.1) is 0 Å². The smallest absolute Gasteiger partial charge is 0.351 e. The molecule has 1 aliphatic heterocycles. The molecule has 0 radical (unpaired) electrons. The molecule has 0 amide bonds. The normalized spacial score (nSPS) is 12.0. The van der Waals surface area contributed by atoms with Crippen LogP contribution in [-0.2, 0) is 14.3 Å². The predicted molar refractivity (Wildman–Crippen MR) is 97.0 cm³/mol. The van der Waals surface area contributed by atoms with Crippen molar-refractivity contribution in [1.82, 2.24) is 0 Å². The maximum Gasteiger partial charge on any atom is 0.351 e. The van der Waals surface area contributed by atoms with Crippen molar-refractivity contribution in [2.75, 3.05) is 27.1 Å². The Morgan fingerprint density at radius 1 is 1.27 bits per heavy atom. The van der Waals surface area contributed by atoms with Gasteiger partial charge in [0, 0.05) is 0 Å². The summed E-state index contributed by atoms with van der Waals surface area (Å²) in [7, 11) is 1.28. The highest BCUT2D eigenvalue weighted by Crippen LogP contribution is 2.47. The third-order valence-electron chi connectivity index (χ3n) is 3.45. The highest BCUT2D eigenvalue weighted by Gasteiger charge is 2.26. The van der Waals surface area contributed by atoms with Crippen LogP contribution < -0.4 is 14.2 Å². The Morgan fingerprint density at radius 2 is 2.04 bits per heavy atom. The number of carbonyl (C=O) groups excluding carboxylic acids is 2. The van der Waals surface area contributed by atoms with Crippen molar-refractivity contribution >= 4 is 39.2 Å². The van der Waals surface area contributed by atoms with Crippen LogP contribution in [-0.4, -0.2) is 39.1 Å². The fourth-order valence-corrected chi connectivity index (χ4v) is 4.28. The molecule has 7 nitrogen and oxygen atoms in total. The van der Waals surface area contributed by atoms with Gasteiger partial charge in [0.05, 0.1) is 23.1 Å². The Labute approximate surface area is 161 Å². The molecule has 0 unspecified atom stereocenters. The third-order valence-corrected chi connectivity index (χ3v) is 5.67. The SMILES string of the molecule is CCOC(=O)COc1c(C(=O)OC)sc(-c2ccc3c(c2)OCO3)c1Br. The summed E-state index contributed by atoms with van der Waals surface area (Å²) in [4.78, 5) is 24.7. The van der Waals surface area contributed by atoms with Gasteiger partial charge in [0.25, 0.3) is 0 Å². The van der Waals surface area contributed by atoms with Crippen molar-refractivity contribution in [3.63, 3.8) is 0 Å². The summed E-state index contributed by atoms with van der Waals surface area (Å²) in [6.07, 6.45) is 0. The lowest BCUT2D eigenvalue weighted by molar-refractivity contribution is -0.145. The molecule has 0 fully saturated rings. The minimum absolute atomic E-state index is 0.172. The zero-order valence-electron chi connectivity index (χ0n) is 14.0. The average Bonchev–Trinajstić information content (AvgIpc) is 3.23. The first kappa shape index (κ1) is 18.5. The second-order valence-electron chi connectivity index (χ2n) is 5.06. The van der Waals surface area contributed by atoms with Gasteiger partial charge >= 0.3 is 11.9 Å². The lowest BCUT2D eigenvalue weighted by Gasteiger charge is -2.07. The van der Waals surface area contributed by atoms with Crippen molar-refractivity contribution in [3.05, 3.63) is 27.5 Å². The van der Waals surface area contributed by atoms with Gasteiger partial charge in [0.15, 0.2) is 28.7 Å². The molecule has 0 atom stereocenters. The van der Waals surface area contributed by atoms with E-state index >= 15 is 0 Å². The molecule has 0 bridgehead atoms. The van der Waals surface area contributed by atoms with E-state index in [2.05, 4.69) is 15.9 Å². The monoisotopic (exact) mass is 442 g/mol. The number of hydrogen-bond acceptors (Lipinski definition) is 8. The number of rotatable bonds is 6. The van der Waals surface area contributed by atoms with E-state index in [9.17, 15) is 9.59 Å². The van der Waals surface area contributed by atoms with Crippen LogP contribution in [0.5, 0.6) is 17.2 Å². The topological polar surface area (TPSA) is 80.3 Å². The number of thiophene rings is 1. The number of benzene rings is 1. The average molecular weight is 443 g/mol. The van der Waals surface area contributed by atoms with Gasteiger partial charge in [-0.25, -0.2) is 9.59 Å². The van der Waals surface area contributed by atoms with E-state index < -0.39 is 11.9 Å². The van der Waals surface area contributed by atoms with E-state index in [4.69, 9.17) is 23.7 Å². The summed E-state index contributed by atoms with van der Waals surface area (Å²) in [6.45, 7) is 1.81. The molecule has 1 aromatic heterocycles. The van der Waals surface area contributed by atoms with Crippen LogP contribution in [0.15, 0.2) is 22.7 Å². The summed E-state index contributed by atoms with van der Waals surface area (Å²) in [5.41, 5.74) is 0.808. The summed E-state index contributed by atoms with van der Waals surface area (Å²) in [6, 6.07) is 5.45. The van der Waals surface area contributed by atoms with Gasteiger partial charge in [0.2, 0.25) is 6.79 Å². The second kappa shape index (κ2) is 7.96. The van der Waals surface area contributed by atoms with Crippen molar-refractivity contribution in [2.24, 2.45) is 0 Å². The number of hydrogen-bond donors (Lipinski definition) is 0. The highest BCUT2D eigenvalue weighted by molar-refractivity contribution is 9.10. The van der Waals surface area contributed by atoms with Crippen LogP contribution in [0.1, 0.15) is 16.6 Å². The van der Waals surface area contributed by atoms with Crippen molar-refractivity contribution in [1.29, 1.82) is 0 Å². The van der Waals surface area contributed by atoms with Crippen LogP contribution in [0.25, 0.3) is 10.4 Å². The largest absolute Gasteiger partial charge is 0.479 e. The number of fused-ring (bicyclic) bond motifs is 1. The van der Waals surface area contributed by atoms with Gasteiger partial charge in [-0.3, -0.25) is 0 Å². The molecule has 26 heavy (non-hydrogen) atoms. The number of esters is 2. The molecule has 9 heteroatoms. The molecule has 1 aliphatic rings. The zero-order chi connectivity index (χ0) is 18.7. The van der Waals surface area contributed by atoms with Crippen molar-refractivity contribution in [3.8, 4) is 27.7 Å². The van der Waals surface area contributed by atoms with Gasteiger partial charge in [-0.05, 0) is 46.6 Å². The molecular formula is C17H15BrO7S. The maximum atomic E-state index is 12.1. The van der Waals surface area contributed by atoms with E-state index in [1.807, 2.05) is 12.1 Å². The Kier molecular flexibility index (Phi) is 5.67. The Hall–Kier alpha value is -2.26. The molecule has 2 aromatic rings. The Bertz CT molecular complexity index is 846. The molecule has 0 saturated heterocycles. The Balaban J connectivity index is 1.96. The molecular weight excluding hydrogens is 428 g/mol. The van der Waals surface area contributed by atoms with E-state index in [-0.39, 0.29) is 30.6 Å². The molecule has 138 valence electrons. The number of halogens is 1. The first-order valence-electron chi connectivity index (χ1n) is 7.64. The summed E-state index contributed by atoms with van der Waals surface area (Å²) in [5, 5.41) is 0. The first-order chi connectivity index (χ1) is 12.5. The van der Waals surface area contributed by atoms with Crippen LogP contribution in [0.3, 0.4) is 0 Å².